The molecule has 2 aromatic carbocycles. The summed E-state index contributed by atoms with van der Waals surface area (Å²) in [5, 5.41) is 1.32. The number of aromatic nitrogens is 1. The average molecular weight is 264 g/mol. The quantitative estimate of drug-likeness (QED) is 0.747. The zero-order valence-corrected chi connectivity index (χ0v) is 12.1. The van der Waals surface area contributed by atoms with Gasteiger partial charge in [-0.15, -0.1) is 0 Å². The number of aromatic amines is 1. The largest absolute Gasteiger partial charge is 0.375 e. The first-order valence-corrected chi connectivity index (χ1v) is 7.13. The highest BCUT2D eigenvalue weighted by atomic mass is 15.1. The van der Waals surface area contributed by atoms with E-state index in [1.54, 1.807) is 0 Å². The topological polar surface area (TPSA) is 19.0 Å². The van der Waals surface area contributed by atoms with Crippen LogP contribution in [0.25, 0.3) is 10.9 Å². The highest BCUT2D eigenvalue weighted by molar-refractivity contribution is 5.83. The molecule has 0 spiro atoms. The van der Waals surface area contributed by atoms with Crippen molar-refractivity contribution in [2.24, 2.45) is 0 Å². The maximum Gasteiger partial charge on any atom is 0.0456 e. The molecular weight excluding hydrogens is 244 g/mol. The molecule has 0 saturated heterocycles. The van der Waals surface area contributed by atoms with E-state index in [0.29, 0.717) is 0 Å². The Labute approximate surface area is 120 Å². The minimum absolute atomic E-state index is 0.972. The van der Waals surface area contributed by atoms with E-state index in [1.165, 1.54) is 27.7 Å². The van der Waals surface area contributed by atoms with Gasteiger partial charge in [0.05, 0.1) is 0 Å². The number of nitrogens with zero attached hydrogens (tertiary/aromatic N) is 1. The first-order chi connectivity index (χ1) is 9.78. The van der Waals surface area contributed by atoms with Crippen LogP contribution < -0.4 is 4.90 Å². The van der Waals surface area contributed by atoms with Crippen molar-refractivity contribution in [1.29, 1.82) is 0 Å². The number of hydrogen-bond donors (Lipinski definition) is 1. The van der Waals surface area contributed by atoms with Crippen molar-refractivity contribution < 1.29 is 0 Å². The first-order valence-electron chi connectivity index (χ1n) is 7.13. The monoisotopic (exact) mass is 264 g/mol. The zero-order valence-electron chi connectivity index (χ0n) is 12.1. The fraction of sp³-hybridized carbons (Fsp3) is 0.222. The molecule has 0 unspecified atom stereocenters. The average Bonchev–Trinajstić information content (AvgIpc) is 2.91. The van der Waals surface area contributed by atoms with E-state index in [2.05, 4.69) is 78.6 Å². The fourth-order valence-electron chi connectivity index (χ4n) is 2.55. The molecule has 1 heterocycles. The summed E-state index contributed by atoms with van der Waals surface area (Å²) in [7, 11) is 2.12. The van der Waals surface area contributed by atoms with Crippen LogP contribution in [0.4, 0.5) is 5.69 Å². The van der Waals surface area contributed by atoms with Crippen molar-refractivity contribution in [3.8, 4) is 0 Å². The van der Waals surface area contributed by atoms with Crippen molar-refractivity contribution in [3.05, 3.63) is 65.9 Å². The molecule has 0 radical (unpaired) electrons. The molecule has 2 heteroatoms. The predicted molar refractivity (Wildman–Crippen MR) is 86.5 cm³/mol. The van der Waals surface area contributed by atoms with Crippen molar-refractivity contribution >= 4 is 16.6 Å². The number of fused-ring (bicyclic) bond motifs is 1. The summed E-state index contributed by atoms with van der Waals surface area (Å²) in [5.41, 5.74) is 5.19. The third-order valence-electron chi connectivity index (χ3n) is 3.92. The Morgan fingerprint density at radius 3 is 2.50 bits per heavy atom. The number of benzene rings is 2. The molecule has 0 aliphatic rings. The van der Waals surface area contributed by atoms with Gasteiger partial charge in [-0.3, -0.25) is 0 Å². The summed E-state index contributed by atoms with van der Waals surface area (Å²) in [5.74, 6) is 0. The van der Waals surface area contributed by atoms with Crippen LogP contribution in [0.2, 0.25) is 0 Å². The lowest BCUT2D eigenvalue weighted by atomic mass is 10.0. The Hall–Kier alpha value is -2.22. The van der Waals surface area contributed by atoms with Gasteiger partial charge in [0.1, 0.15) is 0 Å². The molecule has 20 heavy (non-hydrogen) atoms. The van der Waals surface area contributed by atoms with Crippen LogP contribution >= 0.6 is 0 Å². The van der Waals surface area contributed by atoms with E-state index in [4.69, 9.17) is 0 Å². The van der Waals surface area contributed by atoms with E-state index in [9.17, 15) is 0 Å². The number of anilines is 1. The standard InChI is InChI=1S/C18H20N2/c1-3-20(2)16-10-8-14(9-11-16)12-15-13-19-18-7-5-4-6-17(15)18/h4-11,13,19H,3,12H2,1-2H3. The molecule has 0 atom stereocenters. The minimum atomic E-state index is 0.972. The maximum atomic E-state index is 3.34. The number of rotatable bonds is 4. The lowest BCUT2D eigenvalue weighted by Gasteiger charge is -2.16. The van der Waals surface area contributed by atoms with Crippen molar-refractivity contribution in [1.82, 2.24) is 4.98 Å². The second kappa shape index (κ2) is 5.41. The number of H-pyrrole nitrogens is 1. The van der Waals surface area contributed by atoms with Gasteiger partial charge in [0, 0.05) is 36.4 Å². The molecule has 1 N–H and O–H groups in total. The van der Waals surface area contributed by atoms with Crippen molar-refractivity contribution in [2.75, 3.05) is 18.5 Å². The molecule has 3 aromatic rings. The van der Waals surface area contributed by atoms with Crippen molar-refractivity contribution in [2.45, 2.75) is 13.3 Å². The molecule has 0 amide bonds. The van der Waals surface area contributed by atoms with Gasteiger partial charge < -0.3 is 9.88 Å². The molecule has 3 rings (SSSR count). The van der Waals surface area contributed by atoms with Gasteiger partial charge in [0.2, 0.25) is 0 Å². The zero-order chi connectivity index (χ0) is 13.9. The number of hydrogen-bond acceptors (Lipinski definition) is 1. The molecule has 0 saturated carbocycles. The summed E-state index contributed by atoms with van der Waals surface area (Å²) in [6.07, 6.45) is 3.09. The van der Waals surface area contributed by atoms with E-state index >= 15 is 0 Å². The lowest BCUT2D eigenvalue weighted by Crippen LogP contribution is -2.15. The van der Waals surface area contributed by atoms with Crippen LogP contribution in [-0.2, 0) is 6.42 Å². The fourth-order valence-corrected chi connectivity index (χ4v) is 2.55. The van der Waals surface area contributed by atoms with E-state index < -0.39 is 0 Å². The molecule has 2 nitrogen and oxygen atoms in total. The second-order valence-corrected chi connectivity index (χ2v) is 5.22. The normalized spacial score (nSPS) is 10.9. The Kier molecular flexibility index (Phi) is 3.46. The Balaban J connectivity index is 1.84. The second-order valence-electron chi connectivity index (χ2n) is 5.22. The van der Waals surface area contributed by atoms with Gasteiger partial charge in [0.25, 0.3) is 0 Å². The summed E-state index contributed by atoms with van der Waals surface area (Å²) >= 11 is 0. The Bertz CT molecular complexity index is 695. The molecule has 0 aliphatic heterocycles. The van der Waals surface area contributed by atoms with Crippen LogP contribution in [0, 0.1) is 0 Å². The predicted octanol–water partition coefficient (Wildman–Crippen LogP) is 4.21. The van der Waals surface area contributed by atoms with Crippen LogP contribution in [-0.4, -0.2) is 18.6 Å². The van der Waals surface area contributed by atoms with Crippen LogP contribution in [0.1, 0.15) is 18.1 Å². The van der Waals surface area contributed by atoms with Gasteiger partial charge in [-0.05, 0) is 42.7 Å². The van der Waals surface area contributed by atoms with Crippen LogP contribution in [0.15, 0.2) is 54.7 Å². The van der Waals surface area contributed by atoms with Crippen LogP contribution in [0.5, 0.6) is 0 Å². The van der Waals surface area contributed by atoms with Gasteiger partial charge in [-0.2, -0.15) is 0 Å². The van der Waals surface area contributed by atoms with Gasteiger partial charge >= 0.3 is 0 Å². The summed E-state index contributed by atoms with van der Waals surface area (Å²) in [6, 6.07) is 17.3. The van der Waals surface area contributed by atoms with Crippen LogP contribution in [0.3, 0.4) is 0 Å². The maximum absolute atomic E-state index is 3.34. The first kappa shape index (κ1) is 12.8. The summed E-state index contributed by atoms with van der Waals surface area (Å²) < 4.78 is 0. The molecule has 0 fully saturated rings. The number of para-hydroxylation sites is 1. The smallest absolute Gasteiger partial charge is 0.0456 e. The van der Waals surface area contributed by atoms with E-state index in [-0.39, 0.29) is 0 Å². The SMILES string of the molecule is CCN(C)c1ccc(Cc2c[nH]c3ccccc23)cc1. The molecule has 102 valence electrons. The van der Waals surface area contributed by atoms with Crippen molar-refractivity contribution in [3.63, 3.8) is 0 Å². The van der Waals surface area contributed by atoms with Gasteiger partial charge in [0.15, 0.2) is 0 Å². The highest BCUT2D eigenvalue weighted by Gasteiger charge is 2.04. The van der Waals surface area contributed by atoms with E-state index in [0.717, 1.165) is 13.0 Å². The van der Waals surface area contributed by atoms with Gasteiger partial charge in [-0.1, -0.05) is 30.3 Å². The van der Waals surface area contributed by atoms with Gasteiger partial charge in [-0.25, -0.2) is 0 Å². The number of nitrogens with one attached hydrogen (secondary N) is 1. The summed E-state index contributed by atoms with van der Waals surface area (Å²) in [4.78, 5) is 5.58. The Morgan fingerprint density at radius 2 is 1.75 bits per heavy atom. The highest BCUT2D eigenvalue weighted by Crippen LogP contribution is 2.22. The minimum Gasteiger partial charge on any atom is -0.375 e. The molecule has 1 aromatic heterocycles. The molecular formula is C18H20N2. The molecule has 0 bridgehead atoms. The Morgan fingerprint density at radius 1 is 1.00 bits per heavy atom. The summed E-state index contributed by atoms with van der Waals surface area (Å²) in [6.45, 7) is 3.20. The molecule has 0 aliphatic carbocycles. The third kappa shape index (κ3) is 2.42. The van der Waals surface area contributed by atoms with E-state index in [1.807, 2.05) is 0 Å². The lowest BCUT2D eigenvalue weighted by molar-refractivity contribution is 0.967. The third-order valence-corrected chi connectivity index (χ3v) is 3.92.